The van der Waals surface area contributed by atoms with Crippen molar-refractivity contribution in [3.05, 3.63) is 66.5 Å². The molecule has 0 unspecified atom stereocenters. The van der Waals surface area contributed by atoms with E-state index in [0.29, 0.717) is 27.9 Å². The monoisotopic (exact) mass is 527 g/mol. The van der Waals surface area contributed by atoms with Gasteiger partial charge in [-0.1, -0.05) is 11.3 Å². The van der Waals surface area contributed by atoms with Crippen LogP contribution in [0.2, 0.25) is 0 Å². The Morgan fingerprint density at radius 2 is 1.58 bits per heavy atom. The number of hydrogen-bond donors (Lipinski definition) is 0. The molecule has 0 fully saturated rings. The zero-order chi connectivity index (χ0) is 25.7. The van der Waals surface area contributed by atoms with E-state index in [1.807, 2.05) is 0 Å². The third-order valence-electron chi connectivity index (χ3n) is 5.52. The summed E-state index contributed by atoms with van der Waals surface area (Å²) >= 11 is 1.28. The molecule has 0 spiro atoms. The molecule has 0 aliphatic carbocycles. The minimum absolute atomic E-state index is 0.131. The molecule has 0 saturated heterocycles. The lowest BCUT2D eigenvalue weighted by Gasteiger charge is -2.20. The molecule has 0 aliphatic rings. The highest BCUT2D eigenvalue weighted by atomic mass is 32.2. The summed E-state index contributed by atoms with van der Waals surface area (Å²) in [5.74, 6) is 0.985. The minimum Gasteiger partial charge on any atom is -0.497 e. The second-order valence-corrected chi connectivity index (χ2v) is 10.8. The smallest absolute Gasteiger partial charge is 0.230 e. The number of carbonyl (C=O) groups is 1. The van der Waals surface area contributed by atoms with E-state index in [1.54, 1.807) is 63.0 Å². The first-order valence-electron chi connectivity index (χ1n) is 10.9. The molecule has 0 bridgehead atoms. The van der Waals surface area contributed by atoms with Gasteiger partial charge in [-0.2, -0.15) is 0 Å². The summed E-state index contributed by atoms with van der Waals surface area (Å²) in [6.45, 7) is 0.203. The van der Waals surface area contributed by atoms with Crippen LogP contribution in [0.15, 0.2) is 65.8 Å². The Morgan fingerprint density at radius 1 is 0.917 bits per heavy atom. The number of hydrogen-bond acceptors (Lipinski definition) is 9. The van der Waals surface area contributed by atoms with E-state index in [-0.39, 0.29) is 29.5 Å². The Bertz CT molecular complexity index is 1410. The van der Waals surface area contributed by atoms with Gasteiger partial charge in [-0.15, -0.1) is 0 Å². The lowest BCUT2D eigenvalue weighted by molar-refractivity contribution is -0.118. The van der Waals surface area contributed by atoms with Crippen molar-refractivity contribution in [3.63, 3.8) is 0 Å². The Balaban J connectivity index is 1.65. The van der Waals surface area contributed by atoms with Crippen molar-refractivity contribution in [1.29, 1.82) is 0 Å². The standard InChI is InChI=1S/C25H25N3O6S2/c1-32-18-4-6-19(7-5-18)36(30,31)15-12-22(29)28(16-17-10-13-26-14-11-17)25-27-23-20(33-2)8-9-21(34-3)24(23)35-25/h4-11,13-14H,12,15-16H2,1-3H3. The lowest BCUT2D eigenvalue weighted by Crippen LogP contribution is -2.31. The van der Waals surface area contributed by atoms with Gasteiger partial charge in [0.25, 0.3) is 0 Å². The van der Waals surface area contributed by atoms with Crippen molar-refractivity contribution >= 4 is 42.4 Å². The first-order chi connectivity index (χ1) is 17.4. The van der Waals surface area contributed by atoms with Crippen LogP contribution in [0.25, 0.3) is 10.2 Å². The van der Waals surface area contributed by atoms with Crippen LogP contribution in [0.3, 0.4) is 0 Å². The van der Waals surface area contributed by atoms with Crippen LogP contribution in [0, 0.1) is 0 Å². The van der Waals surface area contributed by atoms with Crippen LogP contribution in [0.4, 0.5) is 5.13 Å². The number of methoxy groups -OCH3 is 3. The number of ether oxygens (including phenoxy) is 3. The largest absolute Gasteiger partial charge is 0.497 e. The number of anilines is 1. The highest BCUT2D eigenvalue weighted by molar-refractivity contribution is 7.91. The lowest BCUT2D eigenvalue weighted by atomic mass is 10.2. The van der Waals surface area contributed by atoms with Crippen LogP contribution < -0.4 is 19.1 Å². The van der Waals surface area contributed by atoms with E-state index in [0.717, 1.165) is 10.3 Å². The third kappa shape index (κ3) is 5.42. The van der Waals surface area contributed by atoms with Crippen LogP contribution in [0.1, 0.15) is 12.0 Å². The van der Waals surface area contributed by atoms with Gasteiger partial charge in [0, 0.05) is 18.8 Å². The first-order valence-corrected chi connectivity index (χ1v) is 13.4. The summed E-state index contributed by atoms with van der Waals surface area (Å²) in [6, 6.07) is 13.2. The molecular weight excluding hydrogens is 502 g/mol. The maximum Gasteiger partial charge on any atom is 0.230 e. The van der Waals surface area contributed by atoms with Crippen molar-refractivity contribution in [2.75, 3.05) is 32.0 Å². The number of pyridine rings is 1. The van der Waals surface area contributed by atoms with E-state index in [1.165, 1.54) is 35.5 Å². The summed E-state index contributed by atoms with van der Waals surface area (Å²) in [5, 5.41) is 0.413. The molecule has 2 aromatic carbocycles. The van der Waals surface area contributed by atoms with Crippen molar-refractivity contribution in [1.82, 2.24) is 9.97 Å². The molecule has 0 N–H and O–H groups in total. The van der Waals surface area contributed by atoms with E-state index >= 15 is 0 Å². The van der Waals surface area contributed by atoms with E-state index < -0.39 is 9.84 Å². The van der Waals surface area contributed by atoms with Gasteiger partial charge in [-0.05, 0) is 54.1 Å². The Kier molecular flexibility index (Phi) is 7.70. The normalized spacial score (nSPS) is 11.3. The van der Waals surface area contributed by atoms with Gasteiger partial charge in [0.1, 0.15) is 27.5 Å². The molecule has 2 aromatic heterocycles. The maximum atomic E-state index is 13.4. The average Bonchev–Trinajstić information content (AvgIpc) is 3.35. The molecule has 9 nitrogen and oxygen atoms in total. The zero-order valence-electron chi connectivity index (χ0n) is 20.0. The molecule has 11 heteroatoms. The number of rotatable bonds is 10. The highest BCUT2D eigenvalue weighted by Crippen LogP contribution is 2.40. The molecule has 0 aliphatic heterocycles. The highest BCUT2D eigenvalue weighted by Gasteiger charge is 2.25. The fourth-order valence-electron chi connectivity index (χ4n) is 3.58. The van der Waals surface area contributed by atoms with Gasteiger partial charge >= 0.3 is 0 Å². The van der Waals surface area contributed by atoms with E-state index in [9.17, 15) is 13.2 Å². The number of thiazole rings is 1. The minimum atomic E-state index is -3.68. The molecule has 36 heavy (non-hydrogen) atoms. The molecule has 4 rings (SSSR count). The van der Waals surface area contributed by atoms with Crippen LogP contribution in [-0.2, 0) is 21.2 Å². The van der Waals surface area contributed by atoms with Gasteiger partial charge in [-0.3, -0.25) is 14.7 Å². The summed E-state index contributed by atoms with van der Waals surface area (Å²) in [5.41, 5.74) is 1.39. The predicted molar refractivity (Wildman–Crippen MR) is 138 cm³/mol. The van der Waals surface area contributed by atoms with Crippen LogP contribution >= 0.6 is 11.3 Å². The summed E-state index contributed by atoms with van der Waals surface area (Å²) in [4.78, 5) is 23.8. The van der Waals surface area contributed by atoms with Gasteiger partial charge in [0.2, 0.25) is 5.91 Å². The number of carbonyl (C=O) groups excluding carboxylic acids is 1. The topological polar surface area (TPSA) is 108 Å². The van der Waals surface area contributed by atoms with Crippen LogP contribution in [-0.4, -0.2) is 51.4 Å². The molecular formula is C25H25N3O6S2. The number of aromatic nitrogens is 2. The Hall–Kier alpha value is -3.70. The quantitative estimate of drug-likeness (QED) is 0.303. The molecule has 4 aromatic rings. The predicted octanol–water partition coefficient (Wildman–Crippen LogP) is 4.11. The summed E-state index contributed by atoms with van der Waals surface area (Å²) < 4.78 is 42.5. The molecule has 0 saturated carbocycles. The fourth-order valence-corrected chi connectivity index (χ4v) is 5.90. The molecule has 2 heterocycles. The summed E-state index contributed by atoms with van der Waals surface area (Å²) in [7, 11) is 0.928. The van der Waals surface area contributed by atoms with Crippen molar-refractivity contribution in [3.8, 4) is 17.2 Å². The van der Waals surface area contributed by atoms with Gasteiger partial charge < -0.3 is 14.2 Å². The zero-order valence-corrected chi connectivity index (χ0v) is 21.6. The second kappa shape index (κ2) is 10.9. The molecule has 1 amide bonds. The van der Waals surface area contributed by atoms with Crippen LogP contribution in [0.5, 0.6) is 17.2 Å². The molecule has 188 valence electrons. The fraction of sp³-hybridized carbons (Fsp3) is 0.240. The SMILES string of the molecule is COc1ccc(S(=O)(=O)CCC(=O)N(Cc2ccncc2)c2nc3c(OC)ccc(OC)c3s2)cc1. The number of fused-ring (bicyclic) bond motifs is 1. The second-order valence-electron chi connectivity index (χ2n) is 7.72. The van der Waals surface area contributed by atoms with E-state index in [2.05, 4.69) is 9.97 Å². The first kappa shape index (κ1) is 25.4. The Morgan fingerprint density at radius 3 is 2.22 bits per heavy atom. The number of sulfone groups is 1. The third-order valence-corrected chi connectivity index (χ3v) is 8.35. The maximum absolute atomic E-state index is 13.4. The number of amides is 1. The average molecular weight is 528 g/mol. The molecule has 0 atom stereocenters. The van der Waals surface area contributed by atoms with Crippen molar-refractivity contribution < 1.29 is 27.4 Å². The Labute approximate surface area is 213 Å². The van der Waals surface area contributed by atoms with Gasteiger partial charge in [0.05, 0.1) is 38.5 Å². The van der Waals surface area contributed by atoms with Crippen molar-refractivity contribution in [2.45, 2.75) is 17.9 Å². The summed E-state index contributed by atoms with van der Waals surface area (Å²) in [6.07, 6.45) is 3.05. The van der Waals surface area contributed by atoms with Gasteiger partial charge in [-0.25, -0.2) is 13.4 Å². The number of nitrogens with zero attached hydrogens (tertiary/aromatic N) is 3. The molecule has 0 radical (unpaired) electrons. The van der Waals surface area contributed by atoms with Crippen molar-refractivity contribution in [2.24, 2.45) is 0 Å². The van der Waals surface area contributed by atoms with E-state index in [4.69, 9.17) is 14.2 Å². The van der Waals surface area contributed by atoms with Gasteiger partial charge in [0.15, 0.2) is 15.0 Å². The number of benzene rings is 2.